The molecule has 0 unspecified atom stereocenters. The van der Waals surface area contributed by atoms with Gasteiger partial charge in [0.05, 0.1) is 11.1 Å². The first-order chi connectivity index (χ1) is 12.2. The van der Waals surface area contributed by atoms with Gasteiger partial charge in [-0.3, -0.25) is 0 Å². The van der Waals surface area contributed by atoms with Crippen LogP contribution < -0.4 is 0 Å². The minimum atomic E-state index is 0.508. The second-order valence-electron chi connectivity index (χ2n) is 5.27. The van der Waals surface area contributed by atoms with E-state index in [2.05, 4.69) is 37.7 Å². The predicted molar refractivity (Wildman–Crippen MR) is 103 cm³/mol. The molecule has 1 aromatic carbocycles. The third-order valence-electron chi connectivity index (χ3n) is 3.50. The average molecular weight is 387 g/mol. The first-order valence-corrected chi connectivity index (χ1v) is 10.6. The van der Waals surface area contributed by atoms with Gasteiger partial charge in [-0.1, -0.05) is 30.3 Å². The molecule has 0 saturated carbocycles. The molecule has 0 aliphatic heterocycles. The molecule has 0 amide bonds. The molecule has 0 radical (unpaired) electrons. The van der Waals surface area contributed by atoms with Crippen LogP contribution in [0.15, 0.2) is 50.4 Å². The zero-order chi connectivity index (χ0) is 17.2. The Labute approximate surface area is 157 Å². The Morgan fingerprint density at radius 1 is 1.12 bits per heavy atom. The van der Waals surface area contributed by atoms with E-state index >= 15 is 0 Å². The molecule has 0 aliphatic carbocycles. The first-order valence-electron chi connectivity index (χ1n) is 7.55. The summed E-state index contributed by atoms with van der Waals surface area (Å²) in [6.45, 7) is 1.90. The van der Waals surface area contributed by atoms with Crippen LogP contribution in [0, 0.1) is 6.92 Å². The predicted octanol–water partition coefficient (Wildman–Crippen LogP) is 5.06. The fourth-order valence-corrected chi connectivity index (χ4v) is 4.75. The lowest BCUT2D eigenvalue weighted by Crippen LogP contribution is -1.91. The molecule has 3 aromatic heterocycles. The van der Waals surface area contributed by atoms with Crippen molar-refractivity contribution in [3.63, 3.8) is 0 Å². The standard InChI is InChI=1S/C17H14N4OS3/c1-10-18-15-14(12(8-24-15)11-6-4-3-5-7-11)16(19-10)25-17-21-20-13(22-17)9-23-2/h3-8H,9H2,1-2H3. The van der Waals surface area contributed by atoms with Gasteiger partial charge in [0, 0.05) is 10.9 Å². The third-order valence-corrected chi connectivity index (χ3v) is 5.73. The van der Waals surface area contributed by atoms with Crippen LogP contribution in [0.3, 0.4) is 0 Å². The number of rotatable bonds is 5. The van der Waals surface area contributed by atoms with Crippen LogP contribution in [0.1, 0.15) is 11.7 Å². The minimum absolute atomic E-state index is 0.508. The summed E-state index contributed by atoms with van der Waals surface area (Å²) < 4.78 is 5.70. The monoisotopic (exact) mass is 386 g/mol. The van der Waals surface area contributed by atoms with Crippen molar-refractivity contribution < 1.29 is 4.42 Å². The van der Waals surface area contributed by atoms with Gasteiger partial charge < -0.3 is 4.42 Å². The second kappa shape index (κ2) is 7.15. The number of thiophene rings is 1. The Morgan fingerprint density at radius 2 is 1.96 bits per heavy atom. The SMILES string of the molecule is CSCc1nnc(Sc2nc(C)nc3scc(-c4ccccc4)c23)o1. The van der Waals surface area contributed by atoms with Gasteiger partial charge in [0.1, 0.15) is 15.7 Å². The van der Waals surface area contributed by atoms with Crippen molar-refractivity contribution in [2.75, 3.05) is 6.26 Å². The number of aromatic nitrogens is 4. The summed E-state index contributed by atoms with van der Waals surface area (Å²) >= 11 is 4.68. The molecule has 0 bridgehead atoms. The van der Waals surface area contributed by atoms with E-state index in [-0.39, 0.29) is 0 Å². The quantitative estimate of drug-likeness (QED) is 0.444. The van der Waals surface area contributed by atoms with Crippen LogP contribution in [-0.2, 0) is 5.75 Å². The molecule has 4 rings (SSSR count). The van der Waals surface area contributed by atoms with E-state index in [1.807, 2.05) is 31.4 Å². The number of benzene rings is 1. The largest absolute Gasteiger partial charge is 0.415 e. The van der Waals surface area contributed by atoms with Crippen LogP contribution >= 0.6 is 34.9 Å². The summed E-state index contributed by atoms with van der Waals surface area (Å²) in [7, 11) is 0. The zero-order valence-corrected chi connectivity index (χ0v) is 16.0. The summed E-state index contributed by atoms with van der Waals surface area (Å²) in [5, 5.41) is 12.7. The molecular weight excluding hydrogens is 372 g/mol. The van der Waals surface area contributed by atoms with E-state index in [9.17, 15) is 0 Å². The molecule has 4 aromatic rings. The number of thioether (sulfide) groups is 1. The van der Waals surface area contributed by atoms with Crippen molar-refractivity contribution in [1.29, 1.82) is 0 Å². The highest BCUT2D eigenvalue weighted by molar-refractivity contribution is 7.99. The minimum Gasteiger partial charge on any atom is -0.415 e. The van der Waals surface area contributed by atoms with Crippen molar-refractivity contribution in [2.24, 2.45) is 0 Å². The summed E-state index contributed by atoms with van der Waals surface area (Å²) in [5.74, 6) is 2.07. The molecule has 25 heavy (non-hydrogen) atoms. The summed E-state index contributed by atoms with van der Waals surface area (Å²) in [4.78, 5) is 10.2. The van der Waals surface area contributed by atoms with Gasteiger partial charge in [0.25, 0.3) is 5.22 Å². The second-order valence-corrected chi connectivity index (χ2v) is 7.93. The molecule has 3 heterocycles. The fraction of sp³-hybridized carbons (Fsp3) is 0.176. The molecule has 0 spiro atoms. The molecule has 5 nitrogen and oxygen atoms in total. The van der Waals surface area contributed by atoms with Gasteiger partial charge in [0.15, 0.2) is 0 Å². The van der Waals surface area contributed by atoms with Gasteiger partial charge >= 0.3 is 0 Å². The Balaban J connectivity index is 1.80. The molecule has 0 aliphatic rings. The number of hydrogen-bond donors (Lipinski definition) is 0. The number of nitrogens with zero attached hydrogens (tertiary/aromatic N) is 4. The van der Waals surface area contributed by atoms with Crippen molar-refractivity contribution >= 4 is 45.1 Å². The summed E-state index contributed by atoms with van der Waals surface area (Å²) in [6.07, 6.45) is 2.01. The Bertz CT molecular complexity index is 1010. The van der Waals surface area contributed by atoms with Crippen molar-refractivity contribution in [3.05, 3.63) is 47.4 Å². The van der Waals surface area contributed by atoms with Crippen molar-refractivity contribution in [3.8, 4) is 11.1 Å². The van der Waals surface area contributed by atoms with E-state index in [4.69, 9.17) is 4.42 Å². The molecular formula is C17H14N4OS3. The topological polar surface area (TPSA) is 64.7 Å². The van der Waals surface area contributed by atoms with Gasteiger partial charge in [-0.25, -0.2) is 9.97 Å². The highest BCUT2D eigenvalue weighted by Crippen LogP contribution is 2.40. The van der Waals surface area contributed by atoms with E-state index < -0.39 is 0 Å². The first kappa shape index (κ1) is 16.6. The maximum atomic E-state index is 5.70. The van der Waals surface area contributed by atoms with Crippen LogP contribution in [0.5, 0.6) is 0 Å². The highest BCUT2D eigenvalue weighted by Gasteiger charge is 2.17. The lowest BCUT2D eigenvalue weighted by molar-refractivity contribution is 0.426. The lowest BCUT2D eigenvalue weighted by atomic mass is 10.1. The third kappa shape index (κ3) is 3.42. The fourth-order valence-electron chi connectivity index (χ4n) is 2.46. The zero-order valence-electron chi connectivity index (χ0n) is 13.6. The van der Waals surface area contributed by atoms with Crippen LogP contribution in [-0.4, -0.2) is 26.4 Å². The highest BCUT2D eigenvalue weighted by atomic mass is 32.2. The van der Waals surface area contributed by atoms with Crippen LogP contribution in [0.4, 0.5) is 0 Å². The average Bonchev–Trinajstić information content (AvgIpc) is 3.23. The summed E-state index contributed by atoms with van der Waals surface area (Å²) in [6, 6.07) is 10.3. The van der Waals surface area contributed by atoms with Crippen LogP contribution in [0.25, 0.3) is 21.3 Å². The smallest absolute Gasteiger partial charge is 0.282 e. The Hall–Kier alpha value is -1.90. The maximum absolute atomic E-state index is 5.70. The van der Waals surface area contributed by atoms with Gasteiger partial charge in [-0.15, -0.1) is 21.5 Å². The number of fused-ring (bicyclic) bond motifs is 1. The van der Waals surface area contributed by atoms with Gasteiger partial charge in [-0.05, 0) is 30.5 Å². The molecule has 0 atom stereocenters. The molecule has 0 saturated heterocycles. The molecule has 0 fully saturated rings. The van der Waals surface area contributed by atoms with E-state index in [0.29, 0.717) is 16.9 Å². The van der Waals surface area contributed by atoms with Crippen molar-refractivity contribution in [1.82, 2.24) is 20.2 Å². The normalized spacial score (nSPS) is 11.3. The number of hydrogen-bond acceptors (Lipinski definition) is 8. The Kier molecular flexibility index (Phi) is 4.74. The Morgan fingerprint density at radius 3 is 2.76 bits per heavy atom. The van der Waals surface area contributed by atoms with E-state index in [1.165, 1.54) is 11.8 Å². The van der Waals surface area contributed by atoms with Gasteiger partial charge in [-0.2, -0.15) is 11.8 Å². The summed E-state index contributed by atoms with van der Waals surface area (Å²) in [5.41, 5.74) is 2.28. The van der Waals surface area contributed by atoms with Gasteiger partial charge in [0.2, 0.25) is 5.89 Å². The number of aryl methyl sites for hydroxylation is 1. The van der Waals surface area contributed by atoms with E-state index in [1.54, 1.807) is 23.1 Å². The molecule has 126 valence electrons. The maximum Gasteiger partial charge on any atom is 0.282 e. The molecule has 8 heteroatoms. The van der Waals surface area contributed by atoms with Crippen molar-refractivity contribution in [2.45, 2.75) is 22.9 Å². The lowest BCUT2D eigenvalue weighted by Gasteiger charge is -2.04. The van der Waals surface area contributed by atoms with E-state index in [0.717, 1.165) is 32.2 Å². The van der Waals surface area contributed by atoms with Crippen LogP contribution in [0.2, 0.25) is 0 Å². The molecule has 0 N–H and O–H groups in total.